The van der Waals surface area contributed by atoms with Gasteiger partial charge in [-0.1, -0.05) is 23.8 Å². The second-order valence-electron chi connectivity index (χ2n) is 6.75. The molecule has 0 saturated carbocycles. The molecule has 0 aliphatic rings. The van der Waals surface area contributed by atoms with Crippen molar-refractivity contribution >= 4 is 19.8 Å². The van der Waals surface area contributed by atoms with E-state index in [0.29, 0.717) is 5.56 Å². The predicted molar refractivity (Wildman–Crippen MR) is 105 cm³/mol. The number of carbonyl (C=O) groups excluding carboxylic acids is 1. The van der Waals surface area contributed by atoms with Gasteiger partial charge in [-0.25, -0.2) is 4.39 Å². The van der Waals surface area contributed by atoms with Crippen molar-refractivity contribution in [2.75, 3.05) is 6.79 Å². The van der Waals surface area contributed by atoms with Crippen molar-refractivity contribution in [3.8, 4) is 11.1 Å². The van der Waals surface area contributed by atoms with Gasteiger partial charge in [-0.2, -0.15) is 4.52 Å². The summed E-state index contributed by atoms with van der Waals surface area (Å²) in [6, 6.07) is 8.90. The monoisotopic (exact) mass is 428 g/mol. The molecule has 9 heteroatoms. The molecule has 1 unspecified atom stereocenters. The van der Waals surface area contributed by atoms with E-state index in [-0.39, 0.29) is 38.1 Å². The van der Waals surface area contributed by atoms with E-state index < -0.39 is 26.5 Å². The molecule has 0 aliphatic heterocycles. The molecule has 2 atom stereocenters. The Morgan fingerprint density at radius 2 is 1.93 bits per heavy atom. The number of carboxylic acid groups (broad SMARTS) is 1. The minimum absolute atomic E-state index is 0. The molecular formula is C21H23FLiO6P. The third-order valence-corrected chi connectivity index (χ3v) is 5.21. The average Bonchev–Trinajstić information content (AvgIpc) is 2.61. The van der Waals surface area contributed by atoms with Gasteiger partial charge in [0.2, 0.25) is 8.00 Å². The molecule has 30 heavy (non-hydrogen) atoms. The summed E-state index contributed by atoms with van der Waals surface area (Å²) in [5.74, 6) is -0.838. The number of carbonyl (C=O) groups is 1. The van der Waals surface area contributed by atoms with Crippen molar-refractivity contribution in [1.29, 1.82) is 0 Å². The van der Waals surface area contributed by atoms with Gasteiger partial charge in [0.25, 0.3) is 0 Å². The quantitative estimate of drug-likeness (QED) is 0.235. The van der Waals surface area contributed by atoms with Crippen molar-refractivity contribution in [2.45, 2.75) is 39.9 Å². The molecule has 2 rings (SSSR count). The van der Waals surface area contributed by atoms with Gasteiger partial charge in [-0.15, -0.1) is 0 Å². The minimum Gasteiger partial charge on any atom is -0.603 e. The third-order valence-electron chi connectivity index (χ3n) is 4.27. The zero-order valence-corrected chi connectivity index (χ0v) is 18.4. The van der Waals surface area contributed by atoms with Gasteiger partial charge in [0.1, 0.15) is 17.7 Å². The number of halogens is 1. The van der Waals surface area contributed by atoms with E-state index in [1.54, 1.807) is 19.1 Å². The van der Waals surface area contributed by atoms with E-state index in [1.807, 2.05) is 26.0 Å². The van der Waals surface area contributed by atoms with E-state index in [1.165, 1.54) is 6.07 Å². The first-order chi connectivity index (χ1) is 13.7. The number of ether oxygens (including phenoxy) is 1. The van der Waals surface area contributed by atoms with Crippen LogP contribution in [0, 0.1) is 26.6 Å². The Bertz CT molecular complexity index is 919. The van der Waals surface area contributed by atoms with Gasteiger partial charge in [0.15, 0.2) is 6.79 Å². The maximum Gasteiger partial charge on any atom is 1.00 e. The van der Waals surface area contributed by atoms with E-state index in [2.05, 4.69) is 0 Å². The standard InChI is InChI=1S/C21H24FO6P.Li/c1-13-6-14(2)19(18(7-13)16-4-5-20(22)15(3)8-16)10-27-12-28-29(26)11-17(23)9-21(24)25;/h4-8,11,17,23H,9-10,12H2,1-3H3,(H,24,25);/q;+1/p-1/t17-;/m0./s1. The number of aryl methyl sites for hydroxylation is 3. The molecule has 6 nitrogen and oxygen atoms in total. The summed E-state index contributed by atoms with van der Waals surface area (Å²) < 4.78 is 24.1. The molecule has 0 radical (unpaired) electrons. The van der Waals surface area contributed by atoms with E-state index in [0.717, 1.165) is 33.6 Å². The summed E-state index contributed by atoms with van der Waals surface area (Å²) in [5, 5.41) is 19.8. The van der Waals surface area contributed by atoms with Crippen LogP contribution in [-0.2, 0) is 20.7 Å². The van der Waals surface area contributed by atoms with E-state index in [4.69, 9.17) is 9.26 Å². The van der Waals surface area contributed by atoms with Crippen molar-refractivity contribution in [1.82, 2.24) is 0 Å². The first-order valence-electron chi connectivity index (χ1n) is 8.94. The fourth-order valence-electron chi connectivity index (χ4n) is 2.90. The van der Waals surface area contributed by atoms with Crippen LogP contribution in [0.25, 0.3) is 11.1 Å². The number of carboxylic acids is 1. The smallest absolute Gasteiger partial charge is 0.603 e. The molecule has 0 spiro atoms. The molecular weight excluding hydrogens is 405 g/mol. The topological polar surface area (TPSA) is 102 Å². The number of rotatable bonds is 9. The zero-order valence-electron chi connectivity index (χ0n) is 17.5. The van der Waals surface area contributed by atoms with Crippen molar-refractivity contribution in [2.24, 2.45) is 0 Å². The number of aliphatic hydroxyl groups excluding tert-OH is 1. The van der Waals surface area contributed by atoms with Gasteiger partial charge in [0, 0.05) is 12.4 Å². The van der Waals surface area contributed by atoms with Gasteiger partial charge in [-0.05, 0) is 60.7 Å². The second kappa shape index (κ2) is 12.3. The molecule has 0 saturated heterocycles. The van der Waals surface area contributed by atoms with Crippen LogP contribution in [0.5, 0.6) is 0 Å². The Labute approximate surface area is 188 Å². The van der Waals surface area contributed by atoms with Crippen molar-refractivity contribution in [3.05, 3.63) is 58.4 Å². The Hall–Kier alpha value is -1.55. The van der Waals surface area contributed by atoms with Crippen LogP contribution in [0.1, 0.15) is 28.7 Å². The van der Waals surface area contributed by atoms with Crippen LogP contribution in [0.2, 0.25) is 0 Å². The molecule has 0 fully saturated rings. The number of aliphatic carboxylic acids is 1. The fourth-order valence-corrected chi connectivity index (χ4v) is 3.55. The number of aliphatic hydroxyl groups is 1. The normalized spacial score (nSPS) is 12.4. The van der Waals surface area contributed by atoms with E-state index in [9.17, 15) is 24.3 Å². The molecule has 0 amide bonds. The second-order valence-corrected chi connectivity index (χ2v) is 7.87. The minimum atomic E-state index is -2.39. The first kappa shape index (κ1) is 26.5. The summed E-state index contributed by atoms with van der Waals surface area (Å²) in [4.78, 5) is 22.1. The SMILES string of the molecule is Cc1cc(C)c(COCO[P+]([O-])=C[C@@H](O)CC(=O)[O-])c(-c2ccc(F)c(C)c2)c1.[Li+]. The molecule has 0 aliphatic carbocycles. The average molecular weight is 428 g/mol. The van der Waals surface area contributed by atoms with Gasteiger partial charge in [-0.3, -0.25) is 0 Å². The van der Waals surface area contributed by atoms with Crippen LogP contribution < -0.4 is 28.9 Å². The Balaban J connectivity index is 0.00000450. The van der Waals surface area contributed by atoms with Crippen LogP contribution in [0.4, 0.5) is 4.39 Å². The first-order valence-corrected chi connectivity index (χ1v) is 10.2. The summed E-state index contributed by atoms with van der Waals surface area (Å²) in [5.41, 5.74) is 5.24. The van der Waals surface area contributed by atoms with Crippen molar-refractivity contribution in [3.63, 3.8) is 0 Å². The molecule has 1 N–H and O–H groups in total. The van der Waals surface area contributed by atoms with Crippen molar-refractivity contribution < 1.29 is 52.4 Å². The fraction of sp³-hybridized carbons (Fsp3) is 0.333. The number of benzene rings is 2. The molecule has 2 aromatic carbocycles. The van der Waals surface area contributed by atoms with Gasteiger partial charge in [0.05, 0.1) is 6.61 Å². The van der Waals surface area contributed by atoms with Crippen LogP contribution in [0.3, 0.4) is 0 Å². The zero-order chi connectivity index (χ0) is 21.6. The summed E-state index contributed by atoms with van der Waals surface area (Å²) >= 11 is 0. The molecule has 2 aromatic rings. The predicted octanol–water partition coefficient (Wildman–Crippen LogP) is -1.11. The van der Waals surface area contributed by atoms with Crippen LogP contribution in [0.15, 0.2) is 30.3 Å². The maximum atomic E-state index is 13.6. The van der Waals surface area contributed by atoms with Gasteiger partial charge >= 0.3 is 18.9 Å². The molecule has 0 aromatic heterocycles. The number of hydrogen-bond donors (Lipinski definition) is 1. The molecule has 0 bridgehead atoms. The maximum absolute atomic E-state index is 13.6. The summed E-state index contributed by atoms with van der Waals surface area (Å²) in [6.07, 6.45) is -2.08. The largest absolute Gasteiger partial charge is 1.00 e. The molecule has 0 heterocycles. The van der Waals surface area contributed by atoms with Crippen LogP contribution in [-0.4, -0.2) is 29.8 Å². The Kier molecular flexibility index (Phi) is 10.9. The number of hydrogen-bond acceptors (Lipinski definition) is 6. The Morgan fingerprint density at radius 3 is 2.57 bits per heavy atom. The molecule has 156 valence electrons. The summed E-state index contributed by atoms with van der Waals surface area (Å²) in [7, 11) is -2.39. The van der Waals surface area contributed by atoms with Gasteiger partial charge < -0.3 is 24.6 Å². The van der Waals surface area contributed by atoms with Crippen LogP contribution >= 0.6 is 8.00 Å². The Morgan fingerprint density at radius 1 is 1.23 bits per heavy atom. The third kappa shape index (κ3) is 7.94. The summed E-state index contributed by atoms with van der Waals surface area (Å²) in [6.45, 7) is 5.48. The van der Waals surface area contributed by atoms with E-state index >= 15 is 0 Å².